The molecule has 408 valence electrons. The number of aliphatic hydroxyl groups is 2. The maximum absolute atomic E-state index is 12.9. The molecule has 11 heteroatoms. The number of unbranched alkanes of at least 4 members (excludes halogenated alkanes) is 6. The summed E-state index contributed by atoms with van der Waals surface area (Å²) in [5.74, 6) is 0.410. The van der Waals surface area contributed by atoms with Crippen LogP contribution in [-0.2, 0) is 26.5 Å². The number of aliphatic hydroxyl groups excluding tert-OH is 2. The van der Waals surface area contributed by atoms with E-state index in [1.807, 2.05) is 12.1 Å². The number of aromatic hydroxyl groups is 2. The molecule has 1 heterocycles. The number of ether oxygens (including phenoxy) is 4. The predicted octanol–water partition coefficient (Wildman–Crippen LogP) is 12.0. The number of benzene rings is 6. The molecule has 1 aliphatic rings. The summed E-state index contributed by atoms with van der Waals surface area (Å²) >= 11 is 0. The second kappa shape index (κ2) is 26.1. The lowest BCUT2D eigenvalue weighted by atomic mass is 9.73. The molecular weight excluding hydrogens is 951 g/mol. The number of rotatable bonds is 26. The van der Waals surface area contributed by atoms with Gasteiger partial charge in [0.05, 0.1) is 13.2 Å². The summed E-state index contributed by atoms with van der Waals surface area (Å²) < 4.78 is 23.9. The van der Waals surface area contributed by atoms with E-state index in [2.05, 4.69) is 158 Å². The fourth-order valence-corrected chi connectivity index (χ4v) is 11.1. The average Bonchev–Trinajstić information content (AvgIpc) is 3.54. The van der Waals surface area contributed by atoms with Gasteiger partial charge in [0.2, 0.25) is 0 Å². The van der Waals surface area contributed by atoms with Crippen LogP contribution in [-0.4, -0.2) is 72.3 Å². The van der Waals surface area contributed by atoms with Gasteiger partial charge in [-0.05, 0) is 137 Å². The van der Waals surface area contributed by atoms with Crippen molar-refractivity contribution < 1.29 is 39.4 Å². The summed E-state index contributed by atoms with van der Waals surface area (Å²) in [6, 6.07) is 36.3. The Morgan fingerprint density at radius 2 is 0.697 bits per heavy atom. The van der Waals surface area contributed by atoms with E-state index >= 15 is 0 Å². The Kier molecular flexibility index (Phi) is 19.9. The van der Waals surface area contributed by atoms with E-state index in [0.29, 0.717) is 35.8 Å². The van der Waals surface area contributed by atoms with Crippen LogP contribution < -0.4 is 25.4 Å². The van der Waals surface area contributed by atoms with Gasteiger partial charge in [-0.2, -0.15) is 0 Å². The van der Waals surface area contributed by atoms with Crippen LogP contribution >= 0.6 is 0 Å². The third-order valence-electron chi connectivity index (χ3n) is 14.8. The lowest BCUT2D eigenvalue weighted by molar-refractivity contribution is 0.0108. The molecule has 0 bridgehead atoms. The molecule has 6 aromatic carbocycles. The zero-order valence-electron chi connectivity index (χ0n) is 46.9. The summed E-state index contributed by atoms with van der Waals surface area (Å²) in [6.07, 6.45) is 7.01. The molecule has 6 aromatic rings. The number of phenolic OH excluding ortho intramolecular Hbond substituents is 2. The molecular formula is C65H85N3O8. The van der Waals surface area contributed by atoms with Gasteiger partial charge in [-0.3, -0.25) is 16.0 Å². The Bertz CT molecular complexity index is 2660. The van der Waals surface area contributed by atoms with Crippen molar-refractivity contribution in [3.63, 3.8) is 0 Å². The van der Waals surface area contributed by atoms with Crippen LogP contribution in [0.2, 0.25) is 0 Å². The van der Waals surface area contributed by atoms with Crippen LogP contribution in [0.15, 0.2) is 109 Å². The van der Waals surface area contributed by atoms with Crippen LogP contribution in [0.3, 0.4) is 0 Å². The van der Waals surface area contributed by atoms with Crippen molar-refractivity contribution in [1.82, 2.24) is 16.0 Å². The van der Waals surface area contributed by atoms with E-state index < -0.39 is 29.2 Å². The van der Waals surface area contributed by atoms with Gasteiger partial charge in [0.15, 0.2) is 0 Å². The SMILES string of the molecule is CCCCCCCCOCC(O)COc1ccc(C2(c3ccc(OCC(O)COCCCC)cc3O)NC(c3ccc(C)cc3C)(c3ccc(C)cc3C)NC(c3ccc(C)cc3C)(c3ccc(C)cc3C)N2)c(O)c1. The molecule has 1 aliphatic heterocycles. The Morgan fingerprint density at radius 3 is 1.04 bits per heavy atom. The molecule has 76 heavy (non-hydrogen) atoms. The molecule has 7 N–H and O–H groups in total. The lowest BCUT2D eigenvalue weighted by Crippen LogP contribution is -2.81. The van der Waals surface area contributed by atoms with Crippen molar-refractivity contribution in [2.45, 2.75) is 150 Å². The van der Waals surface area contributed by atoms with Crippen molar-refractivity contribution in [2.75, 3.05) is 39.6 Å². The van der Waals surface area contributed by atoms with Crippen molar-refractivity contribution in [1.29, 1.82) is 0 Å². The van der Waals surface area contributed by atoms with Gasteiger partial charge in [0.25, 0.3) is 0 Å². The highest BCUT2D eigenvalue weighted by Gasteiger charge is 2.60. The smallest absolute Gasteiger partial charge is 0.132 e. The van der Waals surface area contributed by atoms with Crippen LogP contribution in [0, 0.1) is 55.4 Å². The maximum Gasteiger partial charge on any atom is 0.132 e. The Morgan fingerprint density at radius 1 is 0.382 bits per heavy atom. The second-order valence-corrected chi connectivity index (χ2v) is 21.5. The topological polar surface area (TPSA) is 154 Å². The van der Waals surface area contributed by atoms with Gasteiger partial charge in [0.1, 0.15) is 65.4 Å². The molecule has 0 aromatic heterocycles. The number of hydrogen-bond donors (Lipinski definition) is 7. The zero-order chi connectivity index (χ0) is 54.6. The molecule has 0 spiro atoms. The first-order chi connectivity index (χ1) is 36.4. The highest BCUT2D eigenvalue weighted by atomic mass is 16.5. The summed E-state index contributed by atoms with van der Waals surface area (Å²) in [6.45, 7) is 22.4. The van der Waals surface area contributed by atoms with Gasteiger partial charge < -0.3 is 39.4 Å². The Labute approximate surface area is 453 Å². The van der Waals surface area contributed by atoms with Crippen molar-refractivity contribution >= 4 is 0 Å². The summed E-state index contributed by atoms with van der Waals surface area (Å²) in [5.41, 5.74) is 8.62. The van der Waals surface area contributed by atoms with Crippen molar-refractivity contribution in [3.8, 4) is 23.0 Å². The maximum atomic E-state index is 12.9. The fourth-order valence-electron chi connectivity index (χ4n) is 11.1. The number of hydrogen-bond acceptors (Lipinski definition) is 11. The molecule has 7 rings (SSSR count). The second-order valence-electron chi connectivity index (χ2n) is 21.5. The summed E-state index contributed by atoms with van der Waals surface area (Å²) in [4.78, 5) is 0. The van der Waals surface area contributed by atoms with E-state index in [0.717, 1.165) is 92.4 Å². The van der Waals surface area contributed by atoms with E-state index in [9.17, 15) is 20.4 Å². The minimum Gasteiger partial charge on any atom is -0.507 e. The third-order valence-corrected chi connectivity index (χ3v) is 14.8. The van der Waals surface area contributed by atoms with Gasteiger partial charge >= 0.3 is 0 Å². The highest BCUT2D eigenvalue weighted by molar-refractivity contribution is 5.61. The minimum absolute atomic E-state index is 0.0479. The molecule has 2 atom stereocenters. The molecule has 0 radical (unpaired) electrons. The van der Waals surface area contributed by atoms with Crippen molar-refractivity contribution in [2.24, 2.45) is 0 Å². The van der Waals surface area contributed by atoms with E-state index in [-0.39, 0.29) is 37.9 Å². The fraction of sp³-hybridized carbons (Fsp3) is 0.446. The van der Waals surface area contributed by atoms with Crippen LogP contribution in [0.5, 0.6) is 23.0 Å². The largest absolute Gasteiger partial charge is 0.507 e. The minimum atomic E-state index is -1.68. The van der Waals surface area contributed by atoms with Crippen LogP contribution in [0.4, 0.5) is 0 Å². The first kappa shape index (κ1) is 57.9. The number of nitrogens with one attached hydrogen (secondary N) is 3. The third kappa shape index (κ3) is 13.3. The first-order valence-corrected chi connectivity index (χ1v) is 27.6. The standard InChI is InChI=1S/C65H85N3O8/c1-11-13-15-16-17-18-32-74-40-52(70)42-76-54-24-30-60(62(72)38-54)65(59-29-23-53(37-61(59)71)75-41-51(69)39-73-31-14-12-2)67-63(55-25-19-43(3)33-47(55)7,56-26-20-44(4)34-48(56)8)66-64(68-65,57-27-21-45(5)35-49(57)9)58-28-22-46(6)36-50(58)10/h19-30,33-38,51-52,66-72H,11-18,31-32,39-42H2,1-10H3. The number of aryl methyl sites for hydroxylation is 8. The van der Waals surface area contributed by atoms with Crippen LogP contribution in [0.25, 0.3) is 0 Å². The molecule has 0 saturated carbocycles. The van der Waals surface area contributed by atoms with Crippen LogP contribution in [0.1, 0.15) is 143 Å². The molecule has 0 amide bonds. The molecule has 11 nitrogen and oxygen atoms in total. The summed E-state index contributed by atoms with van der Waals surface area (Å²) in [5, 5.41) is 60.3. The van der Waals surface area contributed by atoms with Gasteiger partial charge in [-0.25, -0.2) is 0 Å². The number of phenols is 2. The molecule has 2 unspecified atom stereocenters. The average molecular weight is 1040 g/mol. The first-order valence-electron chi connectivity index (χ1n) is 27.6. The predicted molar refractivity (Wildman–Crippen MR) is 305 cm³/mol. The summed E-state index contributed by atoms with van der Waals surface area (Å²) in [7, 11) is 0. The van der Waals surface area contributed by atoms with E-state index in [4.69, 9.17) is 18.9 Å². The molecule has 1 saturated heterocycles. The Balaban J connectivity index is 1.46. The lowest BCUT2D eigenvalue weighted by Gasteiger charge is -2.60. The monoisotopic (exact) mass is 1040 g/mol. The van der Waals surface area contributed by atoms with Gasteiger partial charge in [-0.1, -0.05) is 147 Å². The zero-order valence-corrected chi connectivity index (χ0v) is 46.9. The normalized spacial score (nSPS) is 15.6. The highest BCUT2D eigenvalue weighted by Crippen LogP contribution is 2.52. The molecule has 0 aliphatic carbocycles. The Hall–Kier alpha value is -5.76. The quantitative estimate of drug-likeness (QED) is 0.0260. The van der Waals surface area contributed by atoms with E-state index in [1.54, 1.807) is 24.3 Å². The van der Waals surface area contributed by atoms with E-state index in [1.165, 1.54) is 25.7 Å². The van der Waals surface area contributed by atoms with Gasteiger partial charge in [0, 0.05) is 36.5 Å². The molecule has 1 fully saturated rings. The van der Waals surface area contributed by atoms with Gasteiger partial charge in [-0.15, -0.1) is 0 Å². The van der Waals surface area contributed by atoms with Crippen molar-refractivity contribution in [3.05, 3.63) is 187 Å².